The molecule has 170 valence electrons. The number of unbranched alkanes of at least 4 members (excludes halogenated alkanes) is 5. The van der Waals surface area contributed by atoms with Gasteiger partial charge in [-0.2, -0.15) is 0 Å². The fraction of sp³-hybridized carbons (Fsp3) is 0.433. The number of pyridine rings is 1. The van der Waals surface area contributed by atoms with Crippen molar-refractivity contribution in [2.45, 2.75) is 78.1 Å². The third kappa shape index (κ3) is 7.22. The van der Waals surface area contributed by atoms with E-state index in [-0.39, 0.29) is 0 Å². The first kappa shape index (κ1) is 24.0. The van der Waals surface area contributed by atoms with Gasteiger partial charge in [-0.3, -0.25) is 4.98 Å². The molecule has 0 saturated heterocycles. The monoisotopic (exact) mass is 429 g/mol. The van der Waals surface area contributed by atoms with E-state index < -0.39 is 0 Å². The SMILES string of the molecule is CCCCCCOc1ccc(-c2ccc(C(C)c3ccc(CCCCC)nc3)cc2)cc1. The number of nitrogens with zero attached hydrogens (tertiary/aromatic N) is 1. The Morgan fingerprint density at radius 1 is 0.688 bits per heavy atom. The lowest BCUT2D eigenvalue weighted by atomic mass is 9.92. The summed E-state index contributed by atoms with van der Waals surface area (Å²) >= 11 is 0. The summed E-state index contributed by atoms with van der Waals surface area (Å²) in [5.41, 5.74) is 6.26. The minimum absolute atomic E-state index is 0.338. The van der Waals surface area contributed by atoms with Crippen LogP contribution >= 0.6 is 0 Å². The molecule has 0 aliphatic heterocycles. The number of aromatic nitrogens is 1. The van der Waals surface area contributed by atoms with E-state index in [4.69, 9.17) is 9.72 Å². The molecule has 1 aromatic heterocycles. The predicted octanol–water partition coefficient (Wildman–Crippen LogP) is 8.59. The van der Waals surface area contributed by atoms with Gasteiger partial charge in [0.1, 0.15) is 5.75 Å². The first-order valence-electron chi connectivity index (χ1n) is 12.5. The lowest BCUT2D eigenvalue weighted by Crippen LogP contribution is -1.99. The van der Waals surface area contributed by atoms with Crippen molar-refractivity contribution >= 4 is 0 Å². The van der Waals surface area contributed by atoms with Crippen molar-refractivity contribution in [2.75, 3.05) is 6.61 Å². The normalized spacial score (nSPS) is 12.0. The lowest BCUT2D eigenvalue weighted by Gasteiger charge is -2.14. The summed E-state index contributed by atoms with van der Waals surface area (Å²) < 4.78 is 5.87. The second kappa shape index (κ2) is 13.1. The van der Waals surface area contributed by atoms with E-state index >= 15 is 0 Å². The molecule has 0 amide bonds. The molecule has 0 aliphatic carbocycles. The summed E-state index contributed by atoms with van der Waals surface area (Å²) in [5.74, 6) is 1.30. The van der Waals surface area contributed by atoms with Gasteiger partial charge in [-0.1, -0.05) is 95.3 Å². The Morgan fingerprint density at radius 2 is 1.31 bits per heavy atom. The quantitative estimate of drug-likeness (QED) is 0.254. The molecule has 0 aliphatic rings. The van der Waals surface area contributed by atoms with Crippen LogP contribution in [-0.4, -0.2) is 11.6 Å². The molecule has 0 spiro atoms. The Balaban J connectivity index is 1.56. The predicted molar refractivity (Wildman–Crippen MR) is 136 cm³/mol. The molecule has 32 heavy (non-hydrogen) atoms. The average molecular weight is 430 g/mol. The van der Waals surface area contributed by atoms with Gasteiger partial charge in [-0.05, 0) is 59.7 Å². The summed E-state index contributed by atoms with van der Waals surface area (Å²) in [4.78, 5) is 4.69. The largest absolute Gasteiger partial charge is 0.494 e. The van der Waals surface area contributed by atoms with Gasteiger partial charge in [0.15, 0.2) is 0 Å². The van der Waals surface area contributed by atoms with Crippen molar-refractivity contribution in [3.8, 4) is 16.9 Å². The Labute approximate surface area is 195 Å². The maximum atomic E-state index is 5.87. The molecule has 2 heteroatoms. The summed E-state index contributed by atoms with van der Waals surface area (Å²) in [7, 11) is 0. The second-order valence-corrected chi connectivity index (χ2v) is 8.82. The molecular formula is C30H39NO. The fourth-order valence-corrected chi connectivity index (χ4v) is 4.02. The zero-order chi connectivity index (χ0) is 22.6. The van der Waals surface area contributed by atoms with Gasteiger partial charge in [-0.25, -0.2) is 0 Å². The van der Waals surface area contributed by atoms with Crippen molar-refractivity contribution in [2.24, 2.45) is 0 Å². The highest BCUT2D eigenvalue weighted by Gasteiger charge is 2.10. The van der Waals surface area contributed by atoms with Gasteiger partial charge in [0.05, 0.1) is 6.61 Å². The lowest BCUT2D eigenvalue weighted by molar-refractivity contribution is 0.305. The van der Waals surface area contributed by atoms with E-state index in [9.17, 15) is 0 Å². The minimum atomic E-state index is 0.338. The standard InChI is InChI=1S/C30H39NO/c1-4-6-8-10-22-32-30-20-17-27(18-21-30)26-14-12-25(13-15-26)24(3)28-16-19-29(31-23-28)11-9-7-5-2/h12-21,23-24H,4-11,22H2,1-3H3. The fourth-order valence-electron chi connectivity index (χ4n) is 4.02. The highest BCUT2D eigenvalue weighted by molar-refractivity contribution is 5.64. The summed E-state index contributed by atoms with van der Waals surface area (Å²) in [6.07, 6.45) is 11.8. The Morgan fingerprint density at radius 3 is 1.94 bits per heavy atom. The Bertz CT molecular complexity index is 897. The number of rotatable bonds is 13. The van der Waals surface area contributed by atoms with E-state index in [1.807, 2.05) is 0 Å². The van der Waals surface area contributed by atoms with Crippen LogP contribution in [0.1, 0.15) is 88.5 Å². The maximum Gasteiger partial charge on any atom is 0.119 e. The van der Waals surface area contributed by atoms with Crippen LogP contribution in [0.25, 0.3) is 11.1 Å². The Kier molecular flexibility index (Phi) is 9.81. The van der Waals surface area contributed by atoms with Crippen LogP contribution in [0.2, 0.25) is 0 Å². The first-order valence-corrected chi connectivity index (χ1v) is 12.5. The molecule has 1 atom stereocenters. The Hall–Kier alpha value is -2.61. The van der Waals surface area contributed by atoms with Crippen molar-refractivity contribution in [3.05, 3.63) is 83.7 Å². The molecule has 0 radical (unpaired) electrons. The van der Waals surface area contributed by atoms with E-state index in [0.29, 0.717) is 5.92 Å². The van der Waals surface area contributed by atoms with E-state index in [2.05, 4.69) is 87.6 Å². The van der Waals surface area contributed by atoms with E-state index in [0.717, 1.165) is 25.2 Å². The highest BCUT2D eigenvalue weighted by Crippen LogP contribution is 2.28. The molecule has 1 heterocycles. The van der Waals surface area contributed by atoms with Gasteiger partial charge >= 0.3 is 0 Å². The highest BCUT2D eigenvalue weighted by atomic mass is 16.5. The van der Waals surface area contributed by atoms with Crippen LogP contribution < -0.4 is 4.74 Å². The first-order chi connectivity index (χ1) is 15.7. The molecule has 3 rings (SSSR count). The molecule has 1 unspecified atom stereocenters. The van der Waals surface area contributed by atoms with Crippen LogP contribution in [0.3, 0.4) is 0 Å². The van der Waals surface area contributed by atoms with Gasteiger partial charge in [0, 0.05) is 17.8 Å². The maximum absolute atomic E-state index is 5.87. The molecule has 0 N–H and O–H groups in total. The zero-order valence-electron chi connectivity index (χ0n) is 20.1. The van der Waals surface area contributed by atoms with Crippen molar-refractivity contribution in [3.63, 3.8) is 0 Å². The zero-order valence-corrected chi connectivity index (χ0v) is 20.1. The third-order valence-corrected chi connectivity index (χ3v) is 6.25. The van der Waals surface area contributed by atoms with Gasteiger partial charge < -0.3 is 4.74 Å². The van der Waals surface area contributed by atoms with E-state index in [1.54, 1.807) is 0 Å². The van der Waals surface area contributed by atoms with Crippen molar-refractivity contribution in [1.82, 2.24) is 4.98 Å². The molecular weight excluding hydrogens is 390 g/mol. The molecule has 0 saturated carbocycles. The molecule has 2 aromatic carbocycles. The van der Waals surface area contributed by atoms with Crippen LogP contribution in [0.4, 0.5) is 0 Å². The molecule has 0 fully saturated rings. The van der Waals surface area contributed by atoms with Gasteiger partial charge in [0.2, 0.25) is 0 Å². The average Bonchev–Trinajstić information content (AvgIpc) is 2.85. The van der Waals surface area contributed by atoms with Crippen molar-refractivity contribution < 1.29 is 4.74 Å². The second-order valence-electron chi connectivity index (χ2n) is 8.82. The minimum Gasteiger partial charge on any atom is -0.494 e. The molecule has 0 bridgehead atoms. The van der Waals surface area contributed by atoms with Gasteiger partial charge in [-0.15, -0.1) is 0 Å². The number of hydrogen-bond acceptors (Lipinski definition) is 2. The van der Waals surface area contributed by atoms with Gasteiger partial charge in [0.25, 0.3) is 0 Å². The number of aryl methyl sites for hydroxylation is 1. The number of hydrogen-bond donors (Lipinski definition) is 0. The van der Waals surface area contributed by atoms with Crippen LogP contribution in [0, 0.1) is 0 Å². The summed E-state index contributed by atoms with van der Waals surface area (Å²) in [6, 6.07) is 21.8. The summed E-state index contributed by atoms with van der Waals surface area (Å²) in [5, 5.41) is 0. The molecule has 2 nitrogen and oxygen atoms in total. The van der Waals surface area contributed by atoms with Crippen LogP contribution in [0.15, 0.2) is 66.9 Å². The van der Waals surface area contributed by atoms with E-state index in [1.165, 1.54) is 66.5 Å². The third-order valence-electron chi connectivity index (χ3n) is 6.25. The smallest absolute Gasteiger partial charge is 0.119 e. The summed E-state index contributed by atoms with van der Waals surface area (Å²) in [6.45, 7) is 7.54. The number of benzene rings is 2. The van der Waals surface area contributed by atoms with Crippen LogP contribution in [-0.2, 0) is 6.42 Å². The van der Waals surface area contributed by atoms with Crippen LogP contribution in [0.5, 0.6) is 5.75 Å². The van der Waals surface area contributed by atoms with Crippen molar-refractivity contribution in [1.29, 1.82) is 0 Å². The number of ether oxygens (including phenoxy) is 1. The topological polar surface area (TPSA) is 22.1 Å². The molecule has 3 aromatic rings.